The highest BCUT2D eigenvalue weighted by Crippen LogP contribution is 2.17. The van der Waals surface area contributed by atoms with Crippen LogP contribution in [0.5, 0.6) is 5.88 Å². The van der Waals surface area contributed by atoms with Crippen LogP contribution in [0, 0.1) is 5.82 Å². The number of pyridine rings is 1. The first-order valence-corrected chi connectivity index (χ1v) is 6.13. The molecule has 18 heavy (non-hydrogen) atoms. The molecule has 0 aliphatic rings. The van der Waals surface area contributed by atoms with Gasteiger partial charge < -0.3 is 4.74 Å². The molecule has 94 valence electrons. The monoisotopic (exact) mass is 266 g/mol. The molecule has 0 fully saturated rings. The first-order valence-electron chi connectivity index (χ1n) is 5.31. The van der Waals surface area contributed by atoms with Crippen LogP contribution in [0.4, 0.5) is 4.39 Å². The van der Waals surface area contributed by atoms with Crippen molar-refractivity contribution < 1.29 is 13.9 Å². The summed E-state index contributed by atoms with van der Waals surface area (Å²) in [5, 5.41) is 0.855. The van der Waals surface area contributed by atoms with Crippen LogP contribution in [0.1, 0.15) is 20.2 Å². The number of ether oxygens (including phenoxy) is 1. The Hall–Kier alpha value is -1.82. The quantitative estimate of drug-likeness (QED) is 0.779. The normalized spacial score (nSPS) is 10.3. The van der Waals surface area contributed by atoms with Gasteiger partial charge in [-0.3, -0.25) is 4.79 Å². The van der Waals surface area contributed by atoms with E-state index in [1.54, 1.807) is 12.4 Å². The van der Waals surface area contributed by atoms with Gasteiger partial charge in [-0.25, -0.2) is 14.4 Å². The zero-order chi connectivity index (χ0) is 13.0. The van der Waals surface area contributed by atoms with Gasteiger partial charge in [0.05, 0.1) is 17.0 Å². The molecule has 0 aliphatic carbocycles. The molecule has 2 heterocycles. The fourth-order valence-electron chi connectivity index (χ4n) is 1.50. The van der Waals surface area contributed by atoms with E-state index in [1.165, 1.54) is 24.5 Å². The van der Waals surface area contributed by atoms with Crippen molar-refractivity contribution in [3.05, 3.63) is 39.7 Å². The lowest BCUT2D eigenvalue weighted by Gasteiger charge is -2.03. The van der Waals surface area contributed by atoms with E-state index in [4.69, 9.17) is 4.74 Å². The fraction of sp³-hybridized carbons (Fsp3) is 0.250. The second-order valence-electron chi connectivity index (χ2n) is 3.61. The number of hydrogen-bond acceptors (Lipinski definition) is 5. The maximum absolute atomic E-state index is 13.4. The van der Waals surface area contributed by atoms with Crippen molar-refractivity contribution in [3.63, 3.8) is 0 Å². The van der Waals surface area contributed by atoms with Crippen molar-refractivity contribution in [2.45, 2.75) is 12.8 Å². The van der Waals surface area contributed by atoms with E-state index < -0.39 is 5.82 Å². The third kappa shape index (κ3) is 2.89. The Morgan fingerprint density at radius 2 is 2.22 bits per heavy atom. The van der Waals surface area contributed by atoms with Crippen molar-refractivity contribution in [3.8, 4) is 5.88 Å². The van der Waals surface area contributed by atoms with Crippen molar-refractivity contribution in [2.75, 3.05) is 7.11 Å². The SMILES string of the molecule is COc1ncc(CCc2ncc(C=O)s2)cc1F. The molecule has 0 bridgehead atoms. The van der Waals surface area contributed by atoms with Gasteiger partial charge in [-0.05, 0) is 18.1 Å². The zero-order valence-electron chi connectivity index (χ0n) is 9.72. The number of aromatic nitrogens is 2. The van der Waals surface area contributed by atoms with Gasteiger partial charge in [-0.1, -0.05) is 0 Å². The van der Waals surface area contributed by atoms with E-state index in [0.29, 0.717) is 17.7 Å². The van der Waals surface area contributed by atoms with Crippen LogP contribution < -0.4 is 4.74 Å². The van der Waals surface area contributed by atoms with E-state index in [1.807, 2.05) is 0 Å². The van der Waals surface area contributed by atoms with Crippen LogP contribution in [0.3, 0.4) is 0 Å². The van der Waals surface area contributed by atoms with Gasteiger partial charge in [-0.15, -0.1) is 11.3 Å². The number of carbonyl (C=O) groups is 1. The maximum atomic E-state index is 13.4. The molecule has 0 saturated heterocycles. The summed E-state index contributed by atoms with van der Waals surface area (Å²) in [6.07, 6.45) is 5.18. The highest BCUT2D eigenvalue weighted by atomic mass is 32.1. The molecular weight excluding hydrogens is 255 g/mol. The average Bonchev–Trinajstić information content (AvgIpc) is 2.84. The summed E-state index contributed by atoms with van der Waals surface area (Å²) in [4.78, 5) is 19.1. The number of hydrogen-bond donors (Lipinski definition) is 0. The number of nitrogens with zero attached hydrogens (tertiary/aromatic N) is 2. The maximum Gasteiger partial charge on any atom is 0.250 e. The van der Waals surface area contributed by atoms with Gasteiger partial charge in [0, 0.05) is 18.8 Å². The molecule has 6 heteroatoms. The Bertz CT molecular complexity index is 557. The van der Waals surface area contributed by atoms with Crippen molar-refractivity contribution in [1.82, 2.24) is 9.97 Å². The van der Waals surface area contributed by atoms with Gasteiger partial charge >= 0.3 is 0 Å². The first-order chi connectivity index (χ1) is 8.72. The summed E-state index contributed by atoms with van der Waals surface area (Å²) in [6, 6.07) is 1.40. The van der Waals surface area contributed by atoms with Crippen LogP contribution in [0.25, 0.3) is 0 Å². The number of aryl methyl sites for hydroxylation is 2. The summed E-state index contributed by atoms with van der Waals surface area (Å²) in [7, 11) is 1.38. The van der Waals surface area contributed by atoms with Gasteiger partial charge in [0.25, 0.3) is 0 Å². The van der Waals surface area contributed by atoms with Crippen LogP contribution in [-0.4, -0.2) is 23.4 Å². The lowest BCUT2D eigenvalue weighted by atomic mass is 10.1. The Morgan fingerprint density at radius 3 is 2.83 bits per heavy atom. The summed E-state index contributed by atoms with van der Waals surface area (Å²) in [5.74, 6) is -0.473. The second kappa shape index (κ2) is 5.68. The minimum Gasteiger partial charge on any atom is -0.479 e. The molecule has 4 nitrogen and oxygen atoms in total. The van der Waals surface area contributed by atoms with Crippen LogP contribution >= 0.6 is 11.3 Å². The van der Waals surface area contributed by atoms with E-state index in [-0.39, 0.29) is 5.88 Å². The summed E-state index contributed by atoms with van der Waals surface area (Å²) >= 11 is 1.35. The fourth-order valence-corrected chi connectivity index (χ4v) is 2.23. The standard InChI is InChI=1S/C12H11FN2O2S/c1-17-12-10(13)4-8(5-15-12)2-3-11-14-6-9(7-16)18-11/h4-7H,2-3H2,1H3. The highest BCUT2D eigenvalue weighted by molar-refractivity contribution is 7.13. The largest absolute Gasteiger partial charge is 0.479 e. The topological polar surface area (TPSA) is 52.1 Å². The number of halogens is 1. The molecule has 2 rings (SSSR count). The van der Waals surface area contributed by atoms with E-state index >= 15 is 0 Å². The minimum absolute atomic E-state index is 0.00348. The summed E-state index contributed by atoms with van der Waals surface area (Å²) < 4.78 is 18.1. The molecule has 0 N–H and O–H groups in total. The molecule has 0 aliphatic heterocycles. The third-order valence-electron chi connectivity index (χ3n) is 2.37. The first kappa shape index (κ1) is 12.6. The predicted molar refractivity (Wildman–Crippen MR) is 65.7 cm³/mol. The van der Waals surface area contributed by atoms with E-state index in [2.05, 4.69) is 9.97 Å². The van der Waals surface area contributed by atoms with Crippen molar-refractivity contribution in [1.29, 1.82) is 0 Å². The van der Waals surface area contributed by atoms with Gasteiger partial charge in [-0.2, -0.15) is 0 Å². The molecule has 2 aromatic rings. The molecule has 0 amide bonds. The number of methoxy groups -OCH3 is 1. The second-order valence-corrected chi connectivity index (χ2v) is 4.76. The summed E-state index contributed by atoms with van der Waals surface area (Å²) in [6.45, 7) is 0. The average molecular weight is 266 g/mol. The third-order valence-corrected chi connectivity index (χ3v) is 3.36. The predicted octanol–water partition coefficient (Wildman–Crippen LogP) is 2.28. The van der Waals surface area contributed by atoms with Crippen LogP contribution in [0.15, 0.2) is 18.5 Å². The Balaban J connectivity index is 2.01. The van der Waals surface area contributed by atoms with Crippen molar-refractivity contribution in [2.24, 2.45) is 0 Å². The number of aldehydes is 1. The summed E-state index contributed by atoms with van der Waals surface area (Å²) in [5.41, 5.74) is 0.774. The van der Waals surface area contributed by atoms with E-state index in [9.17, 15) is 9.18 Å². The Labute approximate surface area is 107 Å². The van der Waals surface area contributed by atoms with Gasteiger partial charge in [0.1, 0.15) is 0 Å². The molecule has 0 radical (unpaired) electrons. The molecule has 0 atom stereocenters. The lowest BCUT2D eigenvalue weighted by molar-refractivity contribution is 0.112. The molecule has 0 unspecified atom stereocenters. The van der Waals surface area contributed by atoms with Crippen LogP contribution in [-0.2, 0) is 12.8 Å². The highest BCUT2D eigenvalue weighted by Gasteiger charge is 2.06. The molecule has 0 spiro atoms. The smallest absolute Gasteiger partial charge is 0.250 e. The van der Waals surface area contributed by atoms with Crippen molar-refractivity contribution >= 4 is 17.6 Å². The Morgan fingerprint density at radius 1 is 1.39 bits per heavy atom. The van der Waals surface area contributed by atoms with E-state index in [0.717, 1.165) is 16.9 Å². The minimum atomic E-state index is -0.470. The number of thiazole rings is 1. The van der Waals surface area contributed by atoms with Gasteiger partial charge in [0.15, 0.2) is 12.1 Å². The zero-order valence-corrected chi connectivity index (χ0v) is 10.5. The molecule has 2 aromatic heterocycles. The molecule has 0 saturated carbocycles. The molecular formula is C12H11FN2O2S. The lowest BCUT2D eigenvalue weighted by Crippen LogP contribution is -1.96. The molecule has 0 aromatic carbocycles. The Kier molecular flexibility index (Phi) is 3.99. The number of rotatable bonds is 5. The van der Waals surface area contributed by atoms with Gasteiger partial charge in [0.2, 0.25) is 5.88 Å². The number of carbonyl (C=O) groups excluding carboxylic acids is 1. The van der Waals surface area contributed by atoms with Crippen LogP contribution in [0.2, 0.25) is 0 Å².